The normalized spacial score (nSPS) is 14.0. The van der Waals surface area contributed by atoms with Crippen LogP contribution in [0.25, 0.3) is 23.0 Å². The van der Waals surface area contributed by atoms with Crippen molar-refractivity contribution in [1.82, 2.24) is 9.78 Å². The van der Waals surface area contributed by atoms with Crippen LogP contribution in [0.3, 0.4) is 0 Å². The van der Waals surface area contributed by atoms with Gasteiger partial charge in [0.1, 0.15) is 11.4 Å². The summed E-state index contributed by atoms with van der Waals surface area (Å²) in [5.74, 6) is 0.818. The maximum absolute atomic E-state index is 13.0. The van der Waals surface area contributed by atoms with E-state index in [1.165, 1.54) is 0 Å². The number of ketones is 1. The van der Waals surface area contributed by atoms with Gasteiger partial charge in [-0.25, -0.2) is 4.68 Å². The fraction of sp³-hybridized carbons (Fsp3) is 0.0769. The molecule has 3 aromatic carbocycles. The number of ether oxygens (including phenoxy) is 1. The number of carbonyl (C=O) groups excluding carboxylic acids is 1. The Morgan fingerprint density at radius 2 is 1.68 bits per heavy atom. The second kappa shape index (κ2) is 7.67. The molecule has 31 heavy (non-hydrogen) atoms. The van der Waals surface area contributed by atoms with Gasteiger partial charge in [-0.3, -0.25) is 4.79 Å². The maximum atomic E-state index is 13.0. The van der Waals surface area contributed by atoms with Crippen LogP contribution in [-0.2, 0) is 0 Å². The van der Waals surface area contributed by atoms with Gasteiger partial charge in [-0.05, 0) is 67.4 Å². The minimum atomic E-state index is -0.104. The molecule has 2 heterocycles. The summed E-state index contributed by atoms with van der Waals surface area (Å²) >= 11 is 3.48. The number of hydrogen-bond donors (Lipinski definition) is 0. The first kappa shape index (κ1) is 19.5. The summed E-state index contributed by atoms with van der Waals surface area (Å²) in [4.78, 5) is 13.0. The van der Waals surface area contributed by atoms with Crippen molar-refractivity contribution in [3.05, 3.63) is 105 Å². The quantitative estimate of drug-likeness (QED) is 0.319. The SMILES string of the molecule is Cc1cc2c(cc1C)C(=O)/C(=C/c1cn(-c3ccccc3)nc1-c1ccc(Br)cc1)O2. The number of hydrogen-bond acceptors (Lipinski definition) is 3. The van der Waals surface area contributed by atoms with E-state index in [4.69, 9.17) is 9.84 Å². The summed E-state index contributed by atoms with van der Waals surface area (Å²) in [6.45, 7) is 4.01. The van der Waals surface area contributed by atoms with E-state index in [0.717, 1.165) is 38.1 Å². The number of nitrogens with zero attached hydrogens (tertiary/aromatic N) is 2. The van der Waals surface area contributed by atoms with Crippen LogP contribution >= 0.6 is 15.9 Å². The molecule has 0 spiro atoms. The van der Waals surface area contributed by atoms with Crippen molar-refractivity contribution in [3.63, 3.8) is 0 Å². The fourth-order valence-corrected chi connectivity index (χ4v) is 3.89. The van der Waals surface area contributed by atoms with E-state index < -0.39 is 0 Å². The van der Waals surface area contributed by atoms with Crippen LogP contribution in [0.5, 0.6) is 5.75 Å². The summed E-state index contributed by atoms with van der Waals surface area (Å²) in [5, 5.41) is 4.81. The Bertz CT molecular complexity index is 1340. The van der Waals surface area contributed by atoms with E-state index in [0.29, 0.717) is 17.1 Å². The Morgan fingerprint density at radius 1 is 0.968 bits per heavy atom. The highest BCUT2D eigenvalue weighted by Crippen LogP contribution is 2.35. The Balaban J connectivity index is 1.62. The zero-order valence-electron chi connectivity index (χ0n) is 17.1. The number of Topliss-reactive ketones (excluding diaryl/α,β-unsaturated/α-hetero) is 1. The number of aryl methyl sites for hydroxylation is 2. The lowest BCUT2D eigenvalue weighted by atomic mass is 10.0. The van der Waals surface area contributed by atoms with Gasteiger partial charge in [0.15, 0.2) is 5.76 Å². The molecule has 5 heteroatoms. The molecule has 0 saturated heterocycles. The second-order valence-corrected chi connectivity index (χ2v) is 8.51. The lowest BCUT2D eigenvalue weighted by Gasteiger charge is -2.02. The van der Waals surface area contributed by atoms with Crippen LogP contribution in [0.4, 0.5) is 0 Å². The molecule has 1 aliphatic heterocycles. The van der Waals surface area contributed by atoms with E-state index in [2.05, 4.69) is 15.9 Å². The van der Waals surface area contributed by atoms with Gasteiger partial charge in [0.2, 0.25) is 5.78 Å². The molecule has 0 amide bonds. The van der Waals surface area contributed by atoms with Gasteiger partial charge in [0.25, 0.3) is 0 Å². The summed E-state index contributed by atoms with van der Waals surface area (Å²) in [6.07, 6.45) is 3.71. The minimum absolute atomic E-state index is 0.104. The van der Waals surface area contributed by atoms with Gasteiger partial charge in [-0.15, -0.1) is 0 Å². The number of aromatic nitrogens is 2. The van der Waals surface area contributed by atoms with Crippen molar-refractivity contribution >= 4 is 27.8 Å². The van der Waals surface area contributed by atoms with Gasteiger partial charge in [0, 0.05) is 21.8 Å². The first-order valence-corrected chi connectivity index (χ1v) is 10.8. The third-order valence-corrected chi connectivity index (χ3v) is 5.98. The molecule has 152 valence electrons. The van der Waals surface area contributed by atoms with Gasteiger partial charge >= 0.3 is 0 Å². The molecule has 1 aliphatic rings. The molecule has 0 atom stereocenters. The van der Waals surface area contributed by atoms with Crippen LogP contribution in [-0.4, -0.2) is 15.6 Å². The molecule has 0 fully saturated rings. The summed E-state index contributed by atoms with van der Waals surface area (Å²) in [5.41, 5.74) is 6.28. The Labute approximate surface area is 188 Å². The van der Waals surface area contributed by atoms with Crippen molar-refractivity contribution in [1.29, 1.82) is 0 Å². The molecule has 4 aromatic rings. The number of allylic oxidation sites excluding steroid dienone is 1. The van der Waals surface area contributed by atoms with Gasteiger partial charge in [0.05, 0.1) is 11.3 Å². The minimum Gasteiger partial charge on any atom is -0.452 e. The summed E-state index contributed by atoms with van der Waals surface area (Å²) < 4.78 is 8.77. The van der Waals surface area contributed by atoms with Crippen LogP contribution in [0.1, 0.15) is 27.0 Å². The first-order valence-electron chi connectivity index (χ1n) is 9.96. The van der Waals surface area contributed by atoms with Crippen molar-refractivity contribution in [2.45, 2.75) is 13.8 Å². The Morgan fingerprint density at radius 3 is 2.42 bits per heavy atom. The van der Waals surface area contributed by atoms with Crippen molar-refractivity contribution < 1.29 is 9.53 Å². The number of halogens is 1. The Kier molecular flexibility index (Phi) is 4.83. The molecule has 0 N–H and O–H groups in total. The maximum Gasteiger partial charge on any atom is 0.231 e. The zero-order chi connectivity index (χ0) is 21.5. The lowest BCUT2D eigenvalue weighted by Crippen LogP contribution is -1.98. The molecule has 1 aromatic heterocycles. The predicted molar refractivity (Wildman–Crippen MR) is 126 cm³/mol. The highest BCUT2D eigenvalue weighted by Gasteiger charge is 2.28. The van der Waals surface area contributed by atoms with Crippen molar-refractivity contribution in [3.8, 4) is 22.7 Å². The van der Waals surface area contributed by atoms with Crippen LogP contribution < -0.4 is 4.74 Å². The number of benzene rings is 3. The molecular formula is C26H19BrN2O2. The van der Waals surface area contributed by atoms with Crippen LogP contribution in [0, 0.1) is 13.8 Å². The predicted octanol–water partition coefficient (Wildman–Crippen LogP) is 6.53. The topological polar surface area (TPSA) is 44.1 Å². The van der Waals surface area contributed by atoms with Gasteiger partial charge in [-0.2, -0.15) is 5.10 Å². The third-order valence-electron chi connectivity index (χ3n) is 5.45. The summed E-state index contributed by atoms with van der Waals surface area (Å²) in [7, 11) is 0. The lowest BCUT2D eigenvalue weighted by molar-refractivity contribution is 0.101. The Hall–Kier alpha value is -3.44. The van der Waals surface area contributed by atoms with Gasteiger partial charge in [-0.1, -0.05) is 46.3 Å². The van der Waals surface area contributed by atoms with Crippen molar-refractivity contribution in [2.75, 3.05) is 0 Å². The fourth-order valence-electron chi connectivity index (χ4n) is 3.62. The standard InChI is InChI=1S/C26H19BrN2O2/c1-16-12-22-23(13-17(16)2)31-24(26(22)30)14-19-15-29(21-6-4-3-5-7-21)28-25(19)18-8-10-20(27)11-9-18/h3-15H,1-2H3/b24-14-. The smallest absolute Gasteiger partial charge is 0.231 e. The van der Waals surface area contributed by atoms with E-state index >= 15 is 0 Å². The molecule has 0 aliphatic carbocycles. The third kappa shape index (κ3) is 3.62. The van der Waals surface area contributed by atoms with E-state index in [1.807, 2.05) is 91.5 Å². The van der Waals surface area contributed by atoms with E-state index in [-0.39, 0.29) is 5.78 Å². The van der Waals surface area contributed by atoms with E-state index in [1.54, 1.807) is 6.08 Å². The highest BCUT2D eigenvalue weighted by molar-refractivity contribution is 9.10. The highest BCUT2D eigenvalue weighted by atomic mass is 79.9. The molecule has 5 rings (SSSR count). The average molecular weight is 471 g/mol. The van der Waals surface area contributed by atoms with E-state index in [9.17, 15) is 4.79 Å². The van der Waals surface area contributed by atoms with Gasteiger partial charge < -0.3 is 4.74 Å². The van der Waals surface area contributed by atoms with Crippen LogP contribution in [0.2, 0.25) is 0 Å². The molecular weight excluding hydrogens is 452 g/mol. The number of fused-ring (bicyclic) bond motifs is 1. The molecule has 0 saturated carbocycles. The summed E-state index contributed by atoms with van der Waals surface area (Å²) in [6, 6.07) is 21.7. The largest absolute Gasteiger partial charge is 0.452 e. The average Bonchev–Trinajstić information content (AvgIpc) is 3.32. The molecule has 0 unspecified atom stereocenters. The second-order valence-electron chi connectivity index (χ2n) is 7.59. The monoisotopic (exact) mass is 470 g/mol. The number of carbonyl (C=O) groups is 1. The molecule has 0 bridgehead atoms. The zero-order valence-corrected chi connectivity index (χ0v) is 18.7. The van der Waals surface area contributed by atoms with Crippen LogP contribution in [0.15, 0.2) is 83.2 Å². The van der Waals surface area contributed by atoms with Crippen molar-refractivity contribution in [2.24, 2.45) is 0 Å². The molecule has 0 radical (unpaired) electrons. The molecule has 4 nitrogen and oxygen atoms in total. The first-order chi connectivity index (χ1) is 15.0. The number of rotatable bonds is 3. The number of para-hydroxylation sites is 1.